The molecule has 0 bridgehead atoms. The lowest BCUT2D eigenvalue weighted by atomic mass is 10.1. The van der Waals surface area contributed by atoms with Crippen molar-refractivity contribution in [2.75, 3.05) is 6.61 Å². The number of nitrogens with zero attached hydrogens (tertiary/aromatic N) is 3. The highest BCUT2D eigenvalue weighted by Crippen LogP contribution is 2.26. The molecule has 0 unspecified atom stereocenters. The SMILES string of the molecule is CCOC(=O)c1ncc(-c2ccccc2)nc1-c1ccc([N+](=O)[O-])cc1. The van der Waals surface area contributed by atoms with Crippen molar-refractivity contribution < 1.29 is 14.5 Å². The van der Waals surface area contributed by atoms with Gasteiger partial charge in [-0.15, -0.1) is 0 Å². The molecule has 2 aromatic carbocycles. The van der Waals surface area contributed by atoms with Gasteiger partial charge >= 0.3 is 5.97 Å². The molecule has 130 valence electrons. The quantitative estimate of drug-likeness (QED) is 0.394. The lowest BCUT2D eigenvalue weighted by Gasteiger charge is -2.10. The Bertz CT molecular complexity index is 941. The van der Waals surface area contributed by atoms with Crippen molar-refractivity contribution in [2.24, 2.45) is 0 Å². The molecule has 1 aromatic heterocycles. The largest absolute Gasteiger partial charge is 0.461 e. The van der Waals surface area contributed by atoms with E-state index in [0.29, 0.717) is 17.0 Å². The van der Waals surface area contributed by atoms with Crippen molar-refractivity contribution in [1.82, 2.24) is 9.97 Å². The zero-order chi connectivity index (χ0) is 18.5. The predicted molar refractivity (Wildman–Crippen MR) is 95.5 cm³/mol. The van der Waals surface area contributed by atoms with E-state index in [2.05, 4.69) is 9.97 Å². The summed E-state index contributed by atoms with van der Waals surface area (Å²) in [6.45, 7) is 1.91. The van der Waals surface area contributed by atoms with Crippen molar-refractivity contribution >= 4 is 11.7 Å². The first-order chi connectivity index (χ1) is 12.6. The molecule has 0 aliphatic rings. The first-order valence-corrected chi connectivity index (χ1v) is 7.94. The topological polar surface area (TPSA) is 95.2 Å². The van der Waals surface area contributed by atoms with E-state index in [-0.39, 0.29) is 18.0 Å². The normalized spacial score (nSPS) is 10.3. The minimum Gasteiger partial charge on any atom is -0.461 e. The van der Waals surface area contributed by atoms with Crippen LogP contribution >= 0.6 is 0 Å². The number of benzene rings is 2. The van der Waals surface area contributed by atoms with E-state index in [4.69, 9.17) is 4.74 Å². The molecule has 0 fully saturated rings. The average Bonchev–Trinajstić information content (AvgIpc) is 2.68. The molecule has 0 aliphatic heterocycles. The summed E-state index contributed by atoms with van der Waals surface area (Å²) in [5, 5.41) is 10.9. The zero-order valence-corrected chi connectivity index (χ0v) is 14.0. The molecule has 26 heavy (non-hydrogen) atoms. The van der Waals surface area contributed by atoms with Gasteiger partial charge in [0.2, 0.25) is 0 Å². The van der Waals surface area contributed by atoms with Crippen LogP contribution in [0.3, 0.4) is 0 Å². The Morgan fingerprint density at radius 3 is 2.38 bits per heavy atom. The van der Waals surface area contributed by atoms with Gasteiger partial charge in [-0.3, -0.25) is 10.1 Å². The second kappa shape index (κ2) is 7.52. The van der Waals surface area contributed by atoms with Gasteiger partial charge in [0.25, 0.3) is 5.69 Å². The second-order valence-corrected chi connectivity index (χ2v) is 5.34. The molecule has 7 heteroatoms. The fraction of sp³-hybridized carbons (Fsp3) is 0.105. The number of non-ortho nitro benzene ring substituents is 1. The summed E-state index contributed by atoms with van der Waals surface area (Å²) in [6.07, 6.45) is 1.51. The van der Waals surface area contributed by atoms with Gasteiger partial charge in [-0.1, -0.05) is 30.3 Å². The highest BCUT2D eigenvalue weighted by Gasteiger charge is 2.19. The molecular formula is C19H15N3O4. The maximum Gasteiger partial charge on any atom is 0.359 e. The minimum atomic E-state index is -0.590. The van der Waals surface area contributed by atoms with E-state index in [1.54, 1.807) is 19.1 Å². The number of carbonyl (C=O) groups excluding carboxylic acids is 1. The highest BCUT2D eigenvalue weighted by atomic mass is 16.6. The number of aromatic nitrogens is 2. The van der Waals surface area contributed by atoms with E-state index in [1.807, 2.05) is 30.3 Å². The first-order valence-electron chi connectivity index (χ1n) is 7.94. The Kier molecular flexibility index (Phi) is 4.98. The van der Waals surface area contributed by atoms with Crippen molar-refractivity contribution in [3.05, 3.63) is 76.6 Å². The average molecular weight is 349 g/mol. The predicted octanol–water partition coefficient (Wildman–Crippen LogP) is 3.90. The van der Waals surface area contributed by atoms with Crippen molar-refractivity contribution in [2.45, 2.75) is 6.92 Å². The standard InChI is InChI=1S/C19H15N3O4/c1-2-26-19(23)18-17(14-8-10-15(11-9-14)22(24)25)21-16(12-20-18)13-6-4-3-5-7-13/h3-12H,2H2,1H3. The molecule has 0 spiro atoms. The van der Waals surface area contributed by atoms with Gasteiger partial charge < -0.3 is 4.74 Å². The lowest BCUT2D eigenvalue weighted by Crippen LogP contribution is -2.10. The van der Waals surface area contributed by atoms with Crippen LogP contribution in [-0.4, -0.2) is 27.5 Å². The van der Waals surface area contributed by atoms with Crippen LogP contribution in [0, 0.1) is 10.1 Å². The van der Waals surface area contributed by atoms with Crippen molar-refractivity contribution in [1.29, 1.82) is 0 Å². The number of hydrogen-bond acceptors (Lipinski definition) is 6. The lowest BCUT2D eigenvalue weighted by molar-refractivity contribution is -0.384. The second-order valence-electron chi connectivity index (χ2n) is 5.34. The number of rotatable bonds is 5. The number of ether oxygens (including phenoxy) is 1. The van der Waals surface area contributed by atoms with E-state index in [0.717, 1.165) is 5.56 Å². The highest BCUT2D eigenvalue weighted by molar-refractivity contribution is 5.94. The van der Waals surface area contributed by atoms with Crippen LogP contribution in [0.5, 0.6) is 0 Å². The Hall–Kier alpha value is -3.61. The summed E-state index contributed by atoms with van der Waals surface area (Å²) in [5.41, 5.74) is 2.33. The third-order valence-electron chi connectivity index (χ3n) is 3.66. The Labute approximate surface area is 149 Å². The van der Waals surface area contributed by atoms with E-state index < -0.39 is 10.9 Å². The Morgan fingerprint density at radius 1 is 1.08 bits per heavy atom. The maximum absolute atomic E-state index is 12.2. The number of carbonyl (C=O) groups is 1. The number of nitro groups is 1. The Balaban J connectivity index is 2.12. The van der Waals surface area contributed by atoms with E-state index >= 15 is 0 Å². The molecule has 3 aromatic rings. The van der Waals surface area contributed by atoms with Crippen LogP contribution in [0.1, 0.15) is 17.4 Å². The van der Waals surface area contributed by atoms with Crippen molar-refractivity contribution in [3.63, 3.8) is 0 Å². The van der Waals surface area contributed by atoms with Gasteiger partial charge in [0.15, 0.2) is 5.69 Å². The number of nitro benzene ring substituents is 1. The zero-order valence-electron chi connectivity index (χ0n) is 14.0. The van der Waals surface area contributed by atoms with Gasteiger partial charge in [-0.25, -0.2) is 14.8 Å². The molecule has 1 heterocycles. The summed E-state index contributed by atoms with van der Waals surface area (Å²) in [4.78, 5) is 31.4. The molecule has 0 atom stereocenters. The molecule has 0 radical (unpaired) electrons. The minimum absolute atomic E-state index is 0.0430. The number of esters is 1. The maximum atomic E-state index is 12.2. The third kappa shape index (κ3) is 3.56. The molecule has 0 aliphatic carbocycles. The summed E-state index contributed by atoms with van der Waals surface area (Å²) < 4.78 is 5.05. The fourth-order valence-corrected chi connectivity index (χ4v) is 2.43. The van der Waals surface area contributed by atoms with Crippen LogP contribution < -0.4 is 0 Å². The van der Waals surface area contributed by atoms with Gasteiger partial charge in [0.1, 0.15) is 5.69 Å². The summed E-state index contributed by atoms with van der Waals surface area (Å²) in [5.74, 6) is -0.590. The molecular weight excluding hydrogens is 334 g/mol. The summed E-state index contributed by atoms with van der Waals surface area (Å²) in [6, 6.07) is 15.2. The molecule has 0 N–H and O–H groups in total. The van der Waals surface area contributed by atoms with Crippen LogP contribution in [0.4, 0.5) is 5.69 Å². The first kappa shape index (κ1) is 17.2. The van der Waals surface area contributed by atoms with Crippen LogP contribution in [0.15, 0.2) is 60.8 Å². The van der Waals surface area contributed by atoms with Crippen molar-refractivity contribution in [3.8, 4) is 22.5 Å². The fourth-order valence-electron chi connectivity index (χ4n) is 2.43. The van der Waals surface area contributed by atoms with E-state index in [1.165, 1.54) is 18.3 Å². The molecule has 7 nitrogen and oxygen atoms in total. The smallest absolute Gasteiger partial charge is 0.359 e. The third-order valence-corrected chi connectivity index (χ3v) is 3.66. The van der Waals surface area contributed by atoms with Crippen LogP contribution in [-0.2, 0) is 4.74 Å². The summed E-state index contributed by atoms with van der Waals surface area (Å²) >= 11 is 0. The molecule has 0 saturated carbocycles. The number of hydrogen-bond donors (Lipinski definition) is 0. The molecule has 0 saturated heterocycles. The summed E-state index contributed by atoms with van der Waals surface area (Å²) in [7, 11) is 0. The van der Waals surface area contributed by atoms with Gasteiger partial charge in [-0.2, -0.15) is 0 Å². The van der Waals surface area contributed by atoms with Crippen LogP contribution in [0.25, 0.3) is 22.5 Å². The van der Waals surface area contributed by atoms with E-state index in [9.17, 15) is 14.9 Å². The van der Waals surface area contributed by atoms with Crippen LogP contribution in [0.2, 0.25) is 0 Å². The van der Waals surface area contributed by atoms with Gasteiger partial charge in [-0.05, 0) is 19.1 Å². The Morgan fingerprint density at radius 2 is 1.77 bits per heavy atom. The molecule has 3 rings (SSSR count). The molecule has 0 amide bonds. The van der Waals surface area contributed by atoms with Gasteiger partial charge in [0, 0.05) is 23.3 Å². The van der Waals surface area contributed by atoms with Gasteiger partial charge in [0.05, 0.1) is 23.4 Å². The monoisotopic (exact) mass is 349 g/mol.